The van der Waals surface area contributed by atoms with E-state index in [4.69, 9.17) is 9.47 Å². The molecule has 0 aliphatic rings. The summed E-state index contributed by atoms with van der Waals surface area (Å²) < 4.78 is 11.2. The van der Waals surface area contributed by atoms with Crippen molar-refractivity contribution >= 4 is 0 Å². The van der Waals surface area contributed by atoms with E-state index in [0.717, 1.165) is 19.6 Å². The summed E-state index contributed by atoms with van der Waals surface area (Å²) in [6.45, 7) is 14.0. The average molecular weight is 231 g/mol. The smallest absolute Gasteiger partial charge is 0.0723 e. The molecule has 0 spiro atoms. The molecule has 0 aromatic heterocycles. The van der Waals surface area contributed by atoms with Crippen LogP contribution in [0.15, 0.2) is 0 Å². The van der Waals surface area contributed by atoms with Crippen LogP contribution in [0.3, 0.4) is 0 Å². The molecular weight excluding hydrogens is 202 g/mol. The molecule has 0 radical (unpaired) electrons. The number of nitrogens with one attached hydrogen (secondary N) is 1. The first kappa shape index (κ1) is 15.9. The highest BCUT2D eigenvalue weighted by atomic mass is 16.5. The van der Waals surface area contributed by atoms with Crippen molar-refractivity contribution in [1.29, 1.82) is 0 Å². The quantitative estimate of drug-likeness (QED) is 0.586. The van der Waals surface area contributed by atoms with Crippen molar-refractivity contribution in [2.75, 3.05) is 26.4 Å². The van der Waals surface area contributed by atoms with Crippen molar-refractivity contribution in [3.63, 3.8) is 0 Å². The third-order valence-corrected chi connectivity index (χ3v) is 2.38. The molecule has 3 heteroatoms. The molecule has 0 saturated heterocycles. The van der Waals surface area contributed by atoms with E-state index in [1.165, 1.54) is 0 Å². The van der Waals surface area contributed by atoms with Crippen LogP contribution in [0.1, 0.15) is 41.0 Å². The highest BCUT2D eigenvalue weighted by Crippen LogP contribution is 2.05. The molecule has 98 valence electrons. The van der Waals surface area contributed by atoms with Gasteiger partial charge in [0.25, 0.3) is 0 Å². The predicted molar refractivity (Wildman–Crippen MR) is 68.8 cm³/mol. The Morgan fingerprint density at radius 2 is 1.69 bits per heavy atom. The molecule has 0 saturated carbocycles. The van der Waals surface area contributed by atoms with Crippen molar-refractivity contribution in [2.24, 2.45) is 5.92 Å². The Balaban J connectivity index is 3.60. The molecule has 0 bridgehead atoms. The van der Waals surface area contributed by atoms with Gasteiger partial charge >= 0.3 is 0 Å². The van der Waals surface area contributed by atoms with Crippen molar-refractivity contribution in [2.45, 2.75) is 53.2 Å². The molecule has 0 aromatic carbocycles. The van der Waals surface area contributed by atoms with Crippen LogP contribution in [-0.4, -0.2) is 38.5 Å². The molecule has 1 atom stereocenters. The third-order valence-electron chi connectivity index (χ3n) is 2.38. The standard InChI is InChI=1S/C13H29NO2/c1-6-7-15-8-9-16-13(11(2)3)10-14-12(4)5/h11-14H,6-10H2,1-5H3. The van der Waals surface area contributed by atoms with Gasteiger partial charge in [0.2, 0.25) is 0 Å². The lowest BCUT2D eigenvalue weighted by Crippen LogP contribution is -2.37. The lowest BCUT2D eigenvalue weighted by atomic mass is 10.1. The minimum Gasteiger partial charge on any atom is -0.379 e. The molecule has 0 rings (SSSR count). The van der Waals surface area contributed by atoms with Crippen LogP contribution in [-0.2, 0) is 9.47 Å². The summed E-state index contributed by atoms with van der Waals surface area (Å²) >= 11 is 0. The number of rotatable bonds is 10. The monoisotopic (exact) mass is 231 g/mol. The molecule has 0 fully saturated rings. The fourth-order valence-corrected chi connectivity index (χ4v) is 1.34. The van der Waals surface area contributed by atoms with Crippen molar-refractivity contribution in [1.82, 2.24) is 5.32 Å². The lowest BCUT2D eigenvalue weighted by Gasteiger charge is -2.23. The zero-order chi connectivity index (χ0) is 12.4. The molecule has 1 unspecified atom stereocenters. The van der Waals surface area contributed by atoms with E-state index in [1.807, 2.05) is 0 Å². The van der Waals surface area contributed by atoms with Crippen molar-refractivity contribution in [3.8, 4) is 0 Å². The second kappa shape index (κ2) is 10.1. The van der Waals surface area contributed by atoms with E-state index in [9.17, 15) is 0 Å². The van der Waals surface area contributed by atoms with Crippen molar-refractivity contribution < 1.29 is 9.47 Å². The summed E-state index contributed by atoms with van der Waals surface area (Å²) in [6, 6.07) is 0.515. The van der Waals surface area contributed by atoms with Gasteiger partial charge in [-0.05, 0) is 12.3 Å². The Kier molecular flexibility index (Phi) is 9.99. The normalized spacial score (nSPS) is 13.7. The number of ether oxygens (including phenoxy) is 2. The van der Waals surface area contributed by atoms with Crippen LogP contribution in [0.2, 0.25) is 0 Å². The Morgan fingerprint density at radius 3 is 2.19 bits per heavy atom. The van der Waals surface area contributed by atoms with Gasteiger partial charge < -0.3 is 14.8 Å². The summed E-state index contributed by atoms with van der Waals surface area (Å²) in [6.07, 6.45) is 1.36. The lowest BCUT2D eigenvalue weighted by molar-refractivity contribution is -0.0146. The second-order valence-corrected chi connectivity index (χ2v) is 4.83. The molecular formula is C13H29NO2. The summed E-state index contributed by atoms with van der Waals surface area (Å²) in [5.41, 5.74) is 0. The van der Waals surface area contributed by atoms with Gasteiger partial charge in [-0.25, -0.2) is 0 Å². The van der Waals surface area contributed by atoms with Gasteiger partial charge in [0.05, 0.1) is 19.3 Å². The first-order valence-corrected chi connectivity index (χ1v) is 6.50. The zero-order valence-corrected chi connectivity index (χ0v) is 11.6. The van der Waals surface area contributed by atoms with E-state index in [-0.39, 0.29) is 6.10 Å². The largest absolute Gasteiger partial charge is 0.379 e. The molecule has 0 heterocycles. The Bertz CT molecular complexity index is 149. The fourth-order valence-electron chi connectivity index (χ4n) is 1.34. The highest BCUT2D eigenvalue weighted by molar-refractivity contribution is 4.67. The molecule has 16 heavy (non-hydrogen) atoms. The minimum atomic E-state index is 0.285. The van der Waals surface area contributed by atoms with Gasteiger partial charge in [-0.3, -0.25) is 0 Å². The molecule has 1 N–H and O–H groups in total. The van der Waals surface area contributed by atoms with Crippen LogP contribution in [0, 0.1) is 5.92 Å². The summed E-state index contributed by atoms with van der Waals surface area (Å²) in [5, 5.41) is 3.41. The first-order chi connectivity index (χ1) is 7.57. The zero-order valence-electron chi connectivity index (χ0n) is 11.6. The van der Waals surface area contributed by atoms with E-state index in [0.29, 0.717) is 25.2 Å². The van der Waals surface area contributed by atoms with Crippen LogP contribution in [0.25, 0.3) is 0 Å². The maximum absolute atomic E-state index is 5.81. The van der Waals surface area contributed by atoms with Gasteiger partial charge in [-0.15, -0.1) is 0 Å². The first-order valence-electron chi connectivity index (χ1n) is 6.50. The van der Waals surface area contributed by atoms with Gasteiger partial charge in [0.1, 0.15) is 0 Å². The molecule has 0 aromatic rings. The van der Waals surface area contributed by atoms with E-state index >= 15 is 0 Å². The summed E-state index contributed by atoms with van der Waals surface area (Å²) in [5.74, 6) is 0.539. The van der Waals surface area contributed by atoms with E-state index < -0.39 is 0 Å². The third kappa shape index (κ3) is 9.13. The number of hydrogen-bond acceptors (Lipinski definition) is 3. The van der Waals surface area contributed by atoms with Gasteiger partial charge in [0, 0.05) is 19.2 Å². The summed E-state index contributed by atoms with van der Waals surface area (Å²) in [4.78, 5) is 0. The van der Waals surface area contributed by atoms with Crippen LogP contribution in [0.4, 0.5) is 0 Å². The highest BCUT2D eigenvalue weighted by Gasteiger charge is 2.13. The van der Waals surface area contributed by atoms with Gasteiger partial charge in [-0.1, -0.05) is 34.6 Å². The Morgan fingerprint density at radius 1 is 1.00 bits per heavy atom. The maximum atomic E-state index is 5.81. The molecule has 0 aliphatic carbocycles. The van der Waals surface area contributed by atoms with Gasteiger partial charge in [0.15, 0.2) is 0 Å². The average Bonchev–Trinajstić information content (AvgIpc) is 2.21. The predicted octanol–water partition coefficient (Wildman–Crippen LogP) is 2.45. The van der Waals surface area contributed by atoms with Crippen LogP contribution < -0.4 is 5.32 Å². The maximum Gasteiger partial charge on any atom is 0.0723 e. The van der Waals surface area contributed by atoms with E-state index in [1.54, 1.807) is 0 Å². The topological polar surface area (TPSA) is 30.5 Å². The second-order valence-electron chi connectivity index (χ2n) is 4.83. The van der Waals surface area contributed by atoms with Crippen LogP contribution in [0.5, 0.6) is 0 Å². The number of hydrogen-bond donors (Lipinski definition) is 1. The fraction of sp³-hybridized carbons (Fsp3) is 1.00. The SMILES string of the molecule is CCCOCCOC(CNC(C)C)C(C)C. The van der Waals surface area contributed by atoms with Crippen molar-refractivity contribution in [3.05, 3.63) is 0 Å². The van der Waals surface area contributed by atoms with Crippen LogP contribution >= 0.6 is 0 Å². The molecule has 3 nitrogen and oxygen atoms in total. The minimum absolute atomic E-state index is 0.285. The molecule has 0 amide bonds. The molecule has 0 aliphatic heterocycles. The van der Waals surface area contributed by atoms with Gasteiger partial charge in [-0.2, -0.15) is 0 Å². The Hall–Kier alpha value is -0.120. The summed E-state index contributed by atoms with van der Waals surface area (Å²) in [7, 11) is 0. The Labute approximate surface area is 101 Å². The van der Waals surface area contributed by atoms with E-state index in [2.05, 4.69) is 39.9 Å².